The summed E-state index contributed by atoms with van der Waals surface area (Å²) < 4.78 is 4.63. The third kappa shape index (κ3) is 4.45. The van der Waals surface area contributed by atoms with Crippen LogP contribution in [0.25, 0.3) is 0 Å². The lowest BCUT2D eigenvalue weighted by atomic mass is 9.62. The number of ether oxygens (including phenoxy) is 1. The van der Waals surface area contributed by atoms with E-state index < -0.39 is 17.0 Å². The number of ketones is 1. The zero-order chi connectivity index (χ0) is 20.2. The molecule has 0 heterocycles. The molecule has 0 aliphatic heterocycles. The quantitative estimate of drug-likeness (QED) is 0.486. The molecule has 144 valence electrons. The van der Waals surface area contributed by atoms with Crippen molar-refractivity contribution >= 4 is 11.8 Å². The van der Waals surface area contributed by atoms with Crippen LogP contribution in [0.15, 0.2) is 65.3 Å². The first-order valence-corrected chi connectivity index (χ1v) is 9.06. The van der Waals surface area contributed by atoms with E-state index in [-0.39, 0.29) is 12.2 Å². The van der Waals surface area contributed by atoms with Gasteiger partial charge in [0.15, 0.2) is 5.78 Å². The fraction of sp³-hybridized carbons (Fsp3) is 0.391. The zero-order valence-corrected chi connectivity index (χ0v) is 16.7. The SMILES string of the molecule is COC(=O)C=C(C)C=C[C@@]1(O)C(C)=C(Cc2ccccc2)C(=O)CC1(C)C. The first-order valence-electron chi connectivity index (χ1n) is 9.06. The highest BCUT2D eigenvalue weighted by molar-refractivity contribution is 5.98. The minimum atomic E-state index is -1.28. The number of allylic oxidation sites excluding steroid dienone is 3. The number of rotatable bonds is 5. The monoisotopic (exact) mass is 368 g/mol. The van der Waals surface area contributed by atoms with Crippen LogP contribution in [0.5, 0.6) is 0 Å². The standard InChI is InChI=1S/C23H28O4/c1-16(13-21(25)27-5)11-12-23(26)17(2)19(20(24)15-22(23,3)4)14-18-9-7-6-8-10-18/h6-13,26H,14-15H2,1-5H3/t23-/m1/s1. The first-order chi connectivity index (χ1) is 12.6. The summed E-state index contributed by atoms with van der Waals surface area (Å²) in [7, 11) is 1.32. The maximum absolute atomic E-state index is 12.8. The molecule has 1 N–H and O–H groups in total. The number of carbonyl (C=O) groups excluding carboxylic acids is 2. The summed E-state index contributed by atoms with van der Waals surface area (Å²) in [6, 6.07) is 9.77. The number of Topliss-reactive ketones (excluding diaryl/α,β-unsaturated/α-hetero) is 1. The van der Waals surface area contributed by atoms with Crippen LogP contribution in [0.4, 0.5) is 0 Å². The third-order valence-corrected chi connectivity index (χ3v) is 5.35. The van der Waals surface area contributed by atoms with Gasteiger partial charge in [-0.1, -0.05) is 50.3 Å². The smallest absolute Gasteiger partial charge is 0.330 e. The summed E-state index contributed by atoms with van der Waals surface area (Å²) in [6.07, 6.45) is 5.51. The van der Waals surface area contributed by atoms with Gasteiger partial charge in [0.2, 0.25) is 0 Å². The normalized spacial score (nSPS) is 23.0. The van der Waals surface area contributed by atoms with Gasteiger partial charge in [0.05, 0.1) is 7.11 Å². The topological polar surface area (TPSA) is 63.6 Å². The summed E-state index contributed by atoms with van der Waals surface area (Å²) in [5, 5.41) is 11.5. The molecule has 2 rings (SSSR count). The molecule has 0 fully saturated rings. The van der Waals surface area contributed by atoms with Gasteiger partial charge in [-0.05, 0) is 36.6 Å². The average molecular weight is 368 g/mol. The highest BCUT2D eigenvalue weighted by Gasteiger charge is 2.49. The Morgan fingerprint density at radius 1 is 1.26 bits per heavy atom. The summed E-state index contributed by atoms with van der Waals surface area (Å²) in [5.41, 5.74) is 1.08. The number of benzene rings is 1. The lowest BCUT2D eigenvalue weighted by Gasteiger charge is -2.46. The Morgan fingerprint density at radius 2 is 1.89 bits per heavy atom. The van der Waals surface area contributed by atoms with Gasteiger partial charge < -0.3 is 9.84 Å². The van der Waals surface area contributed by atoms with E-state index in [4.69, 9.17) is 0 Å². The Bertz CT molecular complexity index is 812. The largest absolute Gasteiger partial charge is 0.466 e. The lowest BCUT2D eigenvalue weighted by Crippen LogP contribution is -2.49. The van der Waals surface area contributed by atoms with Crippen molar-refractivity contribution in [2.75, 3.05) is 7.11 Å². The van der Waals surface area contributed by atoms with Crippen molar-refractivity contribution in [3.05, 3.63) is 70.8 Å². The van der Waals surface area contributed by atoms with Crippen LogP contribution in [0.3, 0.4) is 0 Å². The Morgan fingerprint density at radius 3 is 2.48 bits per heavy atom. The van der Waals surface area contributed by atoms with Crippen LogP contribution in [0.2, 0.25) is 0 Å². The second kappa shape index (κ2) is 8.05. The van der Waals surface area contributed by atoms with Crippen molar-refractivity contribution in [2.45, 2.75) is 46.1 Å². The number of aliphatic hydroxyl groups is 1. The molecule has 1 aliphatic carbocycles. The Balaban J connectivity index is 2.45. The third-order valence-electron chi connectivity index (χ3n) is 5.35. The molecule has 0 amide bonds. The van der Waals surface area contributed by atoms with E-state index in [1.165, 1.54) is 13.2 Å². The van der Waals surface area contributed by atoms with Gasteiger partial charge in [0.1, 0.15) is 5.60 Å². The molecule has 0 radical (unpaired) electrons. The van der Waals surface area contributed by atoms with Crippen LogP contribution in [-0.2, 0) is 20.7 Å². The number of hydrogen-bond donors (Lipinski definition) is 1. The molecule has 1 aromatic carbocycles. The van der Waals surface area contributed by atoms with Crippen LogP contribution >= 0.6 is 0 Å². The van der Waals surface area contributed by atoms with Crippen LogP contribution in [-0.4, -0.2) is 29.6 Å². The van der Waals surface area contributed by atoms with Crippen LogP contribution in [0, 0.1) is 5.41 Å². The molecule has 0 saturated heterocycles. The van der Waals surface area contributed by atoms with Crippen molar-refractivity contribution in [3.63, 3.8) is 0 Å². The van der Waals surface area contributed by atoms with Crippen molar-refractivity contribution in [1.82, 2.24) is 0 Å². The van der Waals surface area contributed by atoms with Gasteiger partial charge in [-0.2, -0.15) is 0 Å². The van der Waals surface area contributed by atoms with Crippen LogP contribution < -0.4 is 0 Å². The lowest BCUT2D eigenvalue weighted by molar-refractivity contribution is -0.134. The Labute approximate surface area is 161 Å². The maximum Gasteiger partial charge on any atom is 0.330 e. The summed E-state index contributed by atoms with van der Waals surface area (Å²) >= 11 is 0. The number of hydrogen-bond acceptors (Lipinski definition) is 4. The zero-order valence-electron chi connectivity index (χ0n) is 16.7. The van der Waals surface area contributed by atoms with Gasteiger partial charge in [-0.25, -0.2) is 4.79 Å². The Kier molecular flexibility index (Phi) is 6.22. The first kappa shape index (κ1) is 20.8. The highest BCUT2D eigenvalue weighted by Crippen LogP contribution is 2.47. The fourth-order valence-electron chi connectivity index (χ4n) is 3.52. The second-order valence-corrected chi connectivity index (χ2v) is 7.76. The van der Waals surface area contributed by atoms with E-state index in [1.54, 1.807) is 19.1 Å². The Hall–Kier alpha value is -2.46. The highest BCUT2D eigenvalue weighted by atomic mass is 16.5. The molecule has 4 nitrogen and oxygen atoms in total. The summed E-state index contributed by atoms with van der Waals surface area (Å²) in [5.74, 6) is -0.375. The number of methoxy groups -OCH3 is 1. The molecule has 0 saturated carbocycles. The number of carbonyl (C=O) groups is 2. The van der Waals surface area contributed by atoms with Crippen molar-refractivity contribution < 1.29 is 19.4 Å². The van der Waals surface area contributed by atoms with Gasteiger partial charge in [0.25, 0.3) is 0 Å². The van der Waals surface area contributed by atoms with Gasteiger partial charge >= 0.3 is 5.97 Å². The average Bonchev–Trinajstić information content (AvgIpc) is 2.62. The molecule has 0 aromatic heterocycles. The molecule has 0 unspecified atom stereocenters. The van der Waals surface area contributed by atoms with E-state index in [2.05, 4.69) is 4.74 Å². The maximum atomic E-state index is 12.8. The van der Waals surface area contributed by atoms with E-state index >= 15 is 0 Å². The van der Waals surface area contributed by atoms with Crippen LogP contribution in [0.1, 0.15) is 39.7 Å². The van der Waals surface area contributed by atoms with Crippen molar-refractivity contribution in [1.29, 1.82) is 0 Å². The summed E-state index contributed by atoms with van der Waals surface area (Å²) in [4.78, 5) is 24.2. The molecule has 4 heteroatoms. The van der Waals surface area contributed by atoms with Gasteiger partial charge in [-0.3, -0.25) is 4.79 Å². The predicted octanol–water partition coefficient (Wildman–Crippen LogP) is 3.95. The molecular weight excluding hydrogens is 340 g/mol. The molecule has 1 aromatic rings. The number of esters is 1. The predicted molar refractivity (Wildman–Crippen MR) is 106 cm³/mol. The van der Waals surface area contributed by atoms with E-state index in [9.17, 15) is 14.7 Å². The second-order valence-electron chi connectivity index (χ2n) is 7.76. The summed E-state index contributed by atoms with van der Waals surface area (Å²) in [6.45, 7) is 7.36. The molecule has 27 heavy (non-hydrogen) atoms. The van der Waals surface area contributed by atoms with Crippen molar-refractivity contribution in [2.24, 2.45) is 5.41 Å². The van der Waals surface area contributed by atoms with Gasteiger partial charge in [0, 0.05) is 29.9 Å². The van der Waals surface area contributed by atoms with E-state index in [1.807, 2.05) is 51.1 Å². The molecule has 0 spiro atoms. The van der Waals surface area contributed by atoms with Gasteiger partial charge in [-0.15, -0.1) is 0 Å². The molecule has 1 aliphatic rings. The van der Waals surface area contributed by atoms with E-state index in [0.717, 1.165) is 5.56 Å². The molecular formula is C23H28O4. The fourth-order valence-corrected chi connectivity index (χ4v) is 3.52. The molecule has 0 bridgehead atoms. The minimum absolute atomic E-state index is 0.0706. The van der Waals surface area contributed by atoms with Crippen molar-refractivity contribution in [3.8, 4) is 0 Å². The van der Waals surface area contributed by atoms with E-state index in [0.29, 0.717) is 23.1 Å². The molecule has 1 atom stereocenters. The minimum Gasteiger partial charge on any atom is -0.466 e.